The van der Waals surface area contributed by atoms with Crippen molar-refractivity contribution in [1.82, 2.24) is 0 Å². The number of benzene rings is 2. The number of rotatable bonds is 4. The van der Waals surface area contributed by atoms with Crippen molar-refractivity contribution in [2.75, 3.05) is 0 Å². The molecule has 2 aromatic carbocycles. The Morgan fingerprint density at radius 1 is 0.500 bits per heavy atom. The molecule has 0 aliphatic rings. The fourth-order valence-corrected chi connectivity index (χ4v) is 2.03. The van der Waals surface area contributed by atoms with Crippen molar-refractivity contribution in [3.05, 3.63) is 71.8 Å². The van der Waals surface area contributed by atoms with Gasteiger partial charge < -0.3 is 0 Å². The Kier molecular flexibility index (Phi) is 35.6. The van der Waals surface area contributed by atoms with E-state index in [0.29, 0.717) is 11.8 Å². The number of hydrogen-bond donors (Lipinski definition) is 0. The molecule has 2 rings (SSSR count). The van der Waals surface area contributed by atoms with Gasteiger partial charge in [0.1, 0.15) is 0 Å². The second-order valence-electron chi connectivity index (χ2n) is 5.44. The smallest absolute Gasteiger partial charge is 0.0193 e. The first-order chi connectivity index (χ1) is 9.69. The van der Waals surface area contributed by atoms with Crippen LogP contribution in [0.15, 0.2) is 60.7 Å². The minimum absolute atomic E-state index is 0. The SMILES string of the molecule is C.C.C.C.C.C.CCC(C)c1ccccc1.CCC(C)c1ccccc1. The molecule has 0 aliphatic carbocycles. The van der Waals surface area contributed by atoms with E-state index < -0.39 is 0 Å². The lowest BCUT2D eigenvalue weighted by Gasteiger charge is -2.06. The molecule has 0 saturated heterocycles. The van der Waals surface area contributed by atoms with Crippen molar-refractivity contribution in [2.24, 2.45) is 0 Å². The number of hydrogen-bond acceptors (Lipinski definition) is 0. The van der Waals surface area contributed by atoms with Gasteiger partial charge in [-0.25, -0.2) is 0 Å². The van der Waals surface area contributed by atoms with Gasteiger partial charge in [-0.15, -0.1) is 0 Å². The van der Waals surface area contributed by atoms with E-state index in [0.717, 1.165) is 0 Å². The summed E-state index contributed by atoms with van der Waals surface area (Å²) >= 11 is 0. The van der Waals surface area contributed by atoms with Gasteiger partial charge in [-0.1, -0.05) is 133 Å². The van der Waals surface area contributed by atoms with Crippen LogP contribution in [0, 0.1) is 0 Å². The zero-order valence-electron chi connectivity index (χ0n) is 13.3. The van der Waals surface area contributed by atoms with Gasteiger partial charge in [-0.05, 0) is 35.8 Å². The van der Waals surface area contributed by atoms with Gasteiger partial charge in [0.25, 0.3) is 0 Å². The van der Waals surface area contributed by atoms with Crippen molar-refractivity contribution < 1.29 is 0 Å². The molecule has 0 spiro atoms. The molecule has 156 valence electrons. The summed E-state index contributed by atoms with van der Waals surface area (Å²) in [6.45, 7) is 8.96. The molecular formula is C26H52. The van der Waals surface area contributed by atoms with Crippen LogP contribution in [0.1, 0.15) is 108 Å². The highest BCUT2D eigenvalue weighted by Crippen LogP contribution is 2.17. The van der Waals surface area contributed by atoms with Gasteiger partial charge in [0.05, 0.1) is 0 Å². The Morgan fingerprint density at radius 3 is 0.923 bits per heavy atom. The van der Waals surface area contributed by atoms with Gasteiger partial charge in [-0.3, -0.25) is 0 Å². The molecule has 0 amide bonds. The van der Waals surface area contributed by atoms with Crippen LogP contribution in [0.4, 0.5) is 0 Å². The lowest BCUT2D eigenvalue weighted by molar-refractivity contribution is 0.733. The van der Waals surface area contributed by atoms with Crippen LogP contribution < -0.4 is 0 Å². The Hall–Kier alpha value is -1.56. The zero-order valence-corrected chi connectivity index (χ0v) is 13.3. The van der Waals surface area contributed by atoms with Crippen LogP contribution in [0.3, 0.4) is 0 Å². The standard InChI is InChI=1S/2C10H14.6CH4/c2*1-3-9(2)10-7-5-4-6-8-10;;;;;;/h2*4-9H,3H2,1-2H3;6*1H4. The van der Waals surface area contributed by atoms with Crippen LogP contribution in [-0.2, 0) is 0 Å². The molecule has 26 heavy (non-hydrogen) atoms. The maximum Gasteiger partial charge on any atom is -0.0193 e. The highest BCUT2D eigenvalue weighted by atomic mass is 14.0. The largest absolute Gasteiger partial charge is 0.0776 e. The Balaban J connectivity index is -0.0000000625. The fourth-order valence-electron chi connectivity index (χ4n) is 2.03. The van der Waals surface area contributed by atoms with E-state index in [1.165, 1.54) is 24.0 Å². The normalized spacial score (nSPS) is 10.0. The van der Waals surface area contributed by atoms with Gasteiger partial charge in [0.15, 0.2) is 0 Å². The Labute approximate surface area is 169 Å². The maximum atomic E-state index is 2.26. The first-order valence-electron chi connectivity index (χ1n) is 7.78. The van der Waals surface area contributed by atoms with E-state index in [4.69, 9.17) is 0 Å². The summed E-state index contributed by atoms with van der Waals surface area (Å²) in [5.74, 6) is 1.42. The van der Waals surface area contributed by atoms with Crippen molar-refractivity contribution >= 4 is 0 Å². The molecule has 0 saturated carbocycles. The van der Waals surface area contributed by atoms with E-state index in [9.17, 15) is 0 Å². The molecule has 0 radical (unpaired) electrons. The minimum atomic E-state index is 0. The van der Waals surface area contributed by atoms with E-state index in [1.54, 1.807) is 0 Å². The lowest BCUT2D eigenvalue weighted by Crippen LogP contribution is -1.88. The molecule has 0 heterocycles. The van der Waals surface area contributed by atoms with Gasteiger partial charge in [0.2, 0.25) is 0 Å². The Morgan fingerprint density at radius 2 is 0.731 bits per heavy atom. The zero-order chi connectivity index (χ0) is 14.8. The van der Waals surface area contributed by atoms with Crippen molar-refractivity contribution in [3.63, 3.8) is 0 Å². The summed E-state index contributed by atoms with van der Waals surface area (Å²) < 4.78 is 0. The van der Waals surface area contributed by atoms with E-state index in [2.05, 4.69) is 88.4 Å². The highest BCUT2D eigenvalue weighted by molar-refractivity contribution is 5.18. The summed E-state index contributed by atoms with van der Waals surface area (Å²) in [6.07, 6.45) is 2.45. The molecule has 0 heteroatoms. The van der Waals surface area contributed by atoms with E-state index in [1.807, 2.05) is 0 Å². The third-order valence-electron chi connectivity index (χ3n) is 3.96. The third-order valence-corrected chi connectivity index (χ3v) is 3.96. The van der Waals surface area contributed by atoms with Crippen LogP contribution in [0.5, 0.6) is 0 Å². The molecule has 0 aromatic heterocycles. The summed E-state index contributed by atoms with van der Waals surface area (Å²) in [4.78, 5) is 0. The second-order valence-corrected chi connectivity index (χ2v) is 5.44. The highest BCUT2D eigenvalue weighted by Gasteiger charge is 1.99. The molecule has 0 N–H and O–H groups in total. The van der Waals surface area contributed by atoms with Crippen molar-refractivity contribution in [3.8, 4) is 0 Å². The predicted molar refractivity (Wildman–Crippen MR) is 131 cm³/mol. The average Bonchev–Trinajstić information content (AvgIpc) is 2.55. The van der Waals surface area contributed by atoms with Crippen LogP contribution in [-0.4, -0.2) is 0 Å². The van der Waals surface area contributed by atoms with Crippen LogP contribution in [0.2, 0.25) is 0 Å². The fraction of sp³-hybridized carbons (Fsp3) is 0.538. The molecular weight excluding hydrogens is 312 g/mol. The van der Waals surface area contributed by atoms with Crippen molar-refractivity contribution in [2.45, 2.75) is 96.9 Å². The average molecular weight is 365 g/mol. The van der Waals surface area contributed by atoms with Crippen molar-refractivity contribution in [1.29, 1.82) is 0 Å². The lowest BCUT2D eigenvalue weighted by atomic mass is 9.99. The molecule has 0 bridgehead atoms. The Bertz CT molecular complexity index is 398. The topological polar surface area (TPSA) is 0 Å². The minimum Gasteiger partial charge on any atom is -0.0776 e. The summed E-state index contributed by atoms with van der Waals surface area (Å²) in [6, 6.07) is 21.3. The first kappa shape index (κ1) is 39.5. The quantitative estimate of drug-likeness (QED) is 0.506. The molecule has 0 fully saturated rings. The van der Waals surface area contributed by atoms with Crippen LogP contribution >= 0.6 is 0 Å². The van der Waals surface area contributed by atoms with Gasteiger partial charge in [0, 0.05) is 0 Å². The monoisotopic (exact) mass is 364 g/mol. The van der Waals surface area contributed by atoms with E-state index in [-0.39, 0.29) is 44.6 Å². The summed E-state index contributed by atoms with van der Waals surface area (Å²) in [5, 5.41) is 0. The summed E-state index contributed by atoms with van der Waals surface area (Å²) in [7, 11) is 0. The molecule has 0 nitrogen and oxygen atoms in total. The molecule has 2 atom stereocenters. The first-order valence-corrected chi connectivity index (χ1v) is 7.78. The predicted octanol–water partition coefficient (Wildman–Crippen LogP) is 10.2. The second kappa shape index (κ2) is 23.4. The maximum absolute atomic E-state index is 2.26. The van der Waals surface area contributed by atoms with Gasteiger partial charge in [-0.2, -0.15) is 0 Å². The third kappa shape index (κ3) is 14.8. The molecule has 2 unspecified atom stereocenters. The van der Waals surface area contributed by atoms with Crippen LogP contribution in [0.25, 0.3) is 0 Å². The molecule has 0 aliphatic heterocycles. The summed E-state index contributed by atoms with van der Waals surface area (Å²) in [5.41, 5.74) is 2.90. The van der Waals surface area contributed by atoms with E-state index >= 15 is 0 Å². The van der Waals surface area contributed by atoms with Gasteiger partial charge >= 0.3 is 0 Å². The molecule has 2 aromatic rings.